The zero-order chi connectivity index (χ0) is 20.1. The molecule has 1 aliphatic heterocycles. The number of nitrogens with one attached hydrogen (secondary N) is 1. The van der Waals surface area contributed by atoms with Crippen molar-refractivity contribution in [1.29, 1.82) is 0 Å². The molecule has 148 valence electrons. The van der Waals surface area contributed by atoms with Gasteiger partial charge in [-0.25, -0.2) is 0 Å². The summed E-state index contributed by atoms with van der Waals surface area (Å²) in [6.45, 7) is 3.17. The number of carbonyl (C=O) groups excluding carboxylic acids is 2. The number of hydrogen-bond donors (Lipinski definition) is 1. The maximum Gasteiger partial charge on any atom is 0.241 e. The Hall–Kier alpha value is -2.57. The minimum atomic E-state index is -0.213. The van der Waals surface area contributed by atoms with Crippen LogP contribution in [0.15, 0.2) is 48.5 Å². The number of nitrogens with zero attached hydrogens (tertiary/aromatic N) is 2. The Morgan fingerprint density at radius 1 is 1.25 bits per heavy atom. The lowest BCUT2D eigenvalue weighted by Gasteiger charge is -2.29. The highest BCUT2D eigenvalue weighted by atomic mass is 35.5. The Balaban J connectivity index is 1.59. The van der Waals surface area contributed by atoms with Gasteiger partial charge in [0.2, 0.25) is 11.8 Å². The highest BCUT2D eigenvalue weighted by Gasteiger charge is 2.29. The van der Waals surface area contributed by atoms with Crippen LogP contribution in [0.5, 0.6) is 5.75 Å². The van der Waals surface area contributed by atoms with Crippen LogP contribution in [0.2, 0.25) is 5.02 Å². The van der Waals surface area contributed by atoms with Crippen molar-refractivity contribution in [3.8, 4) is 5.75 Å². The lowest BCUT2D eigenvalue weighted by atomic mass is 10.1. The summed E-state index contributed by atoms with van der Waals surface area (Å²) in [5, 5.41) is 3.53. The van der Waals surface area contributed by atoms with Crippen LogP contribution < -0.4 is 15.0 Å². The number of carbonyl (C=O) groups is 2. The molecule has 1 aliphatic rings. The number of rotatable bonds is 6. The molecule has 0 radical (unpaired) electrons. The summed E-state index contributed by atoms with van der Waals surface area (Å²) < 4.78 is 5.69. The van der Waals surface area contributed by atoms with Crippen LogP contribution >= 0.6 is 11.6 Å². The summed E-state index contributed by atoms with van der Waals surface area (Å²) in [7, 11) is 1.88. The minimum Gasteiger partial charge on any atom is -0.492 e. The SMILES string of the molecule is C[C@@H]1CC(=O)Nc2ccccc2N1C(=O)CN(C)CCOc1ccc(Cl)cc1. The summed E-state index contributed by atoms with van der Waals surface area (Å²) in [5.41, 5.74) is 1.40. The normalized spacial score (nSPS) is 16.4. The Bertz CT molecular complexity index is 841. The lowest BCUT2D eigenvalue weighted by molar-refractivity contribution is -0.120. The van der Waals surface area contributed by atoms with Crippen molar-refractivity contribution in [3.63, 3.8) is 0 Å². The van der Waals surface area contributed by atoms with Crippen LogP contribution in [0.1, 0.15) is 13.3 Å². The maximum absolute atomic E-state index is 13.0. The van der Waals surface area contributed by atoms with Gasteiger partial charge in [0.05, 0.1) is 17.9 Å². The molecule has 0 saturated heterocycles. The quantitative estimate of drug-likeness (QED) is 0.805. The molecule has 1 N–H and O–H groups in total. The number of halogens is 1. The smallest absolute Gasteiger partial charge is 0.241 e. The van der Waals surface area contributed by atoms with Crippen LogP contribution in [0.3, 0.4) is 0 Å². The van der Waals surface area contributed by atoms with E-state index in [2.05, 4.69) is 5.32 Å². The van der Waals surface area contributed by atoms with Crippen molar-refractivity contribution < 1.29 is 14.3 Å². The van der Waals surface area contributed by atoms with E-state index in [1.807, 2.05) is 55.3 Å². The van der Waals surface area contributed by atoms with Gasteiger partial charge in [-0.2, -0.15) is 0 Å². The molecule has 3 rings (SSSR count). The zero-order valence-electron chi connectivity index (χ0n) is 16.0. The first-order valence-electron chi connectivity index (χ1n) is 9.22. The van der Waals surface area contributed by atoms with Crippen molar-refractivity contribution in [3.05, 3.63) is 53.6 Å². The summed E-state index contributed by atoms with van der Waals surface area (Å²) >= 11 is 5.86. The van der Waals surface area contributed by atoms with Gasteiger partial charge in [0.25, 0.3) is 0 Å². The van der Waals surface area contributed by atoms with Gasteiger partial charge in [0, 0.05) is 24.0 Å². The van der Waals surface area contributed by atoms with Crippen LogP contribution in [-0.2, 0) is 9.59 Å². The molecule has 1 atom stereocenters. The molecular formula is C21H24ClN3O3. The molecule has 1 heterocycles. The minimum absolute atomic E-state index is 0.0505. The van der Waals surface area contributed by atoms with Gasteiger partial charge in [-0.3, -0.25) is 14.5 Å². The highest BCUT2D eigenvalue weighted by Crippen LogP contribution is 2.31. The molecule has 6 nitrogen and oxygen atoms in total. The largest absolute Gasteiger partial charge is 0.492 e. The first kappa shape index (κ1) is 20.2. The average Bonchev–Trinajstić information content (AvgIpc) is 2.77. The van der Waals surface area contributed by atoms with E-state index >= 15 is 0 Å². The molecular weight excluding hydrogens is 378 g/mol. The molecule has 2 aromatic carbocycles. The Labute approximate surface area is 170 Å². The summed E-state index contributed by atoms with van der Waals surface area (Å²) in [6.07, 6.45) is 0.268. The summed E-state index contributed by atoms with van der Waals surface area (Å²) in [6, 6.07) is 14.4. The summed E-state index contributed by atoms with van der Waals surface area (Å²) in [4.78, 5) is 28.7. The topological polar surface area (TPSA) is 61.9 Å². The molecule has 7 heteroatoms. The second kappa shape index (κ2) is 9.08. The third-order valence-corrected chi connectivity index (χ3v) is 4.84. The van der Waals surface area contributed by atoms with E-state index in [0.717, 1.165) is 11.4 Å². The third kappa shape index (κ3) is 5.03. The van der Waals surface area contributed by atoms with Crippen molar-refractivity contribution >= 4 is 34.8 Å². The van der Waals surface area contributed by atoms with Crippen molar-refractivity contribution in [2.45, 2.75) is 19.4 Å². The summed E-state index contributed by atoms with van der Waals surface area (Å²) in [5.74, 6) is 0.606. The number of benzene rings is 2. The highest BCUT2D eigenvalue weighted by molar-refractivity contribution is 6.30. The number of para-hydroxylation sites is 2. The van der Waals surface area contributed by atoms with E-state index in [1.54, 1.807) is 17.0 Å². The monoisotopic (exact) mass is 401 g/mol. The van der Waals surface area contributed by atoms with Gasteiger partial charge in [-0.1, -0.05) is 23.7 Å². The molecule has 2 aromatic rings. The number of ether oxygens (including phenoxy) is 1. The molecule has 0 bridgehead atoms. The maximum atomic E-state index is 13.0. The number of anilines is 2. The first-order valence-corrected chi connectivity index (χ1v) is 9.59. The van der Waals surface area contributed by atoms with Gasteiger partial charge >= 0.3 is 0 Å². The van der Waals surface area contributed by atoms with Crippen molar-refractivity contribution in [2.75, 3.05) is 37.0 Å². The Morgan fingerprint density at radius 2 is 1.96 bits per heavy atom. The molecule has 0 fully saturated rings. The molecule has 2 amide bonds. The average molecular weight is 402 g/mol. The molecule has 0 saturated carbocycles. The van der Waals surface area contributed by atoms with Gasteiger partial charge < -0.3 is 15.0 Å². The van der Waals surface area contributed by atoms with Crippen LogP contribution in [0, 0.1) is 0 Å². The van der Waals surface area contributed by atoms with E-state index < -0.39 is 0 Å². The molecule has 0 unspecified atom stereocenters. The number of hydrogen-bond acceptors (Lipinski definition) is 4. The van der Waals surface area contributed by atoms with Crippen LogP contribution in [-0.4, -0.2) is 49.5 Å². The fourth-order valence-corrected chi connectivity index (χ4v) is 3.33. The number of amides is 2. The number of likely N-dealkylation sites (N-methyl/N-ethyl adjacent to an activating group) is 1. The predicted octanol–water partition coefficient (Wildman–Crippen LogP) is 3.41. The molecule has 0 spiro atoms. The fourth-order valence-electron chi connectivity index (χ4n) is 3.20. The van der Waals surface area contributed by atoms with E-state index in [0.29, 0.717) is 23.9 Å². The predicted molar refractivity (Wildman–Crippen MR) is 111 cm³/mol. The van der Waals surface area contributed by atoms with E-state index in [-0.39, 0.29) is 30.8 Å². The fraction of sp³-hybridized carbons (Fsp3) is 0.333. The van der Waals surface area contributed by atoms with Crippen LogP contribution in [0.25, 0.3) is 0 Å². The Kier molecular flexibility index (Phi) is 6.54. The molecule has 28 heavy (non-hydrogen) atoms. The van der Waals surface area contributed by atoms with E-state index in [1.165, 1.54) is 0 Å². The first-order chi connectivity index (χ1) is 13.4. The Morgan fingerprint density at radius 3 is 2.71 bits per heavy atom. The van der Waals surface area contributed by atoms with Gasteiger partial charge in [0.1, 0.15) is 12.4 Å². The zero-order valence-corrected chi connectivity index (χ0v) is 16.8. The van der Waals surface area contributed by atoms with E-state index in [4.69, 9.17) is 16.3 Å². The third-order valence-electron chi connectivity index (χ3n) is 4.59. The lowest BCUT2D eigenvalue weighted by Crippen LogP contribution is -2.44. The van der Waals surface area contributed by atoms with Crippen molar-refractivity contribution in [1.82, 2.24) is 4.90 Å². The standard InChI is InChI=1S/C21H24ClN3O3/c1-15-13-20(26)23-18-5-3-4-6-19(18)25(15)21(27)14-24(2)11-12-28-17-9-7-16(22)8-10-17/h3-10,15H,11-14H2,1-2H3,(H,23,26)/t15-/m1/s1. The van der Waals surface area contributed by atoms with Crippen molar-refractivity contribution in [2.24, 2.45) is 0 Å². The second-order valence-electron chi connectivity index (χ2n) is 6.92. The molecule has 0 aromatic heterocycles. The molecule has 0 aliphatic carbocycles. The van der Waals surface area contributed by atoms with Gasteiger partial charge in [0.15, 0.2) is 0 Å². The van der Waals surface area contributed by atoms with E-state index in [9.17, 15) is 9.59 Å². The second-order valence-corrected chi connectivity index (χ2v) is 7.36. The van der Waals surface area contributed by atoms with Crippen LogP contribution in [0.4, 0.5) is 11.4 Å². The van der Waals surface area contributed by atoms with Gasteiger partial charge in [-0.05, 0) is 50.4 Å². The van der Waals surface area contributed by atoms with Gasteiger partial charge in [-0.15, -0.1) is 0 Å². The number of fused-ring (bicyclic) bond motifs is 1.